The molecule has 1 fully saturated rings. The van der Waals surface area contributed by atoms with Crippen LogP contribution in [0.5, 0.6) is 11.5 Å². The first-order chi connectivity index (χ1) is 12.0. The highest BCUT2D eigenvalue weighted by Gasteiger charge is 2.32. The van der Waals surface area contributed by atoms with Crippen molar-refractivity contribution in [1.82, 2.24) is 10.6 Å². The molecular formula is C18H25N3O4. The number of rotatable bonds is 5. The second-order valence-corrected chi connectivity index (χ2v) is 6.82. The van der Waals surface area contributed by atoms with E-state index in [9.17, 15) is 9.59 Å². The molecule has 7 heteroatoms. The Hall–Kier alpha value is -2.44. The third-order valence-corrected chi connectivity index (χ3v) is 4.30. The number of hydrogen-bond acceptors (Lipinski definition) is 4. The van der Waals surface area contributed by atoms with E-state index < -0.39 is 0 Å². The summed E-state index contributed by atoms with van der Waals surface area (Å²) in [6, 6.07) is 5.06. The van der Waals surface area contributed by atoms with E-state index in [0.717, 1.165) is 12.1 Å². The van der Waals surface area contributed by atoms with Gasteiger partial charge in [-0.1, -0.05) is 13.8 Å². The number of carbonyl (C=O) groups is 2. The smallest absolute Gasteiger partial charge is 0.315 e. The highest BCUT2D eigenvalue weighted by Crippen LogP contribution is 2.35. The number of urea groups is 1. The Morgan fingerprint density at radius 3 is 2.80 bits per heavy atom. The summed E-state index contributed by atoms with van der Waals surface area (Å²) >= 11 is 0. The van der Waals surface area contributed by atoms with Crippen LogP contribution in [-0.2, 0) is 4.79 Å². The van der Waals surface area contributed by atoms with Crippen LogP contribution in [0.2, 0.25) is 0 Å². The number of fused-ring (bicyclic) bond motifs is 1. The van der Waals surface area contributed by atoms with Gasteiger partial charge in [0.2, 0.25) is 5.91 Å². The fourth-order valence-electron chi connectivity index (χ4n) is 2.96. The van der Waals surface area contributed by atoms with Gasteiger partial charge >= 0.3 is 6.03 Å². The minimum atomic E-state index is -0.220. The van der Waals surface area contributed by atoms with Crippen molar-refractivity contribution in [3.8, 4) is 11.5 Å². The summed E-state index contributed by atoms with van der Waals surface area (Å²) in [6.07, 6.45) is 1.23. The van der Waals surface area contributed by atoms with Gasteiger partial charge in [0.05, 0.1) is 6.04 Å². The SMILES string of the molecule is CC(C)CCNC(=O)N[C@H]1CC(=O)N(c2ccc3c(c2)OCCO3)C1. The van der Waals surface area contributed by atoms with Gasteiger partial charge in [0.25, 0.3) is 0 Å². The van der Waals surface area contributed by atoms with Gasteiger partial charge in [0, 0.05) is 31.3 Å². The Balaban J connectivity index is 1.56. The number of nitrogens with zero attached hydrogens (tertiary/aromatic N) is 1. The zero-order chi connectivity index (χ0) is 17.8. The zero-order valence-corrected chi connectivity index (χ0v) is 14.7. The van der Waals surface area contributed by atoms with Crippen LogP contribution in [0.3, 0.4) is 0 Å². The zero-order valence-electron chi connectivity index (χ0n) is 14.7. The van der Waals surface area contributed by atoms with Gasteiger partial charge < -0.3 is 25.0 Å². The van der Waals surface area contributed by atoms with Crippen molar-refractivity contribution < 1.29 is 19.1 Å². The normalized spacial score (nSPS) is 19.2. The summed E-state index contributed by atoms with van der Waals surface area (Å²) in [5.41, 5.74) is 0.763. The predicted octanol–water partition coefficient (Wildman–Crippen LogP) is 1.91. The summed E-state index contributed by atoms with van der Waals surface area (Å²) in [5.74, 6) is 1.88. The maximum atomic E-state index is 12.3. The van der Waals surface area contributed by atoms with Crippen LogP contribution >= 0.6 is 0 Å². The number of anilines is 1. The minimum Gasteiger partial charge on any atom is -0.486 e. The Bertz CT molecular complexity index is 647. The van der Waals surface area contributed by atoms with Crippen LogP contribution in [0.25, 0.3) is 0 Å². The molecule has 25 heavy (non-hydrogen) atoms. The molecule has 3 rings (SSSR count). The average Bonchev–Trinajstić information content (AvgIpc) is 2.94. The molecule has 0 saturated carbocycles. The van der Waals surface area contributed by atoms with E-state index in [2.05, 4.69) is 24.5 Å². The molecule has 7 nitrogen and oxygen atoms in total. The standard InChI is InChI=1S/C18H25N3O4/c1-12(2)5-6-19-18(23)20-13-9-17(22)21(11-13)14-3-4-15-16(10-14)25-8-7-24-15/h3-4,10,12-13H,5-9,11H2,1-2H3,(H2,19,20,23)/t13-/m0/s1. The lowest BCUT2D eigenvalue weighted by molar-refractivity contribution is -0.117. The Kier molecular flexibility index (Phi) is 5.31. The summed E-state index contributed by atoms with van der Waals surface area (Å²) < 4.78 is 11.1. The Labute approximate surface area is 147 Å². The molecule has 1 atom stereocenters. The summed E-state index contributed by atoms with van der Waals surface area (Å²) in [4.78, 5) is 25.9. The number of amides is 3. The maximum Gasteiger partial charge on any atom is 0.315 e. The van der Waals surface area contributed by atoms with Crippen LogP contribution in [-0.4, -0.2) is 44.3 Å². The monoisotopic (exact) mass is 347 g/mol. The van der Waals surface area contributed by atoms with Crippen molar-refractivity contribution in [3.63, 3.8) is 0 Å². The van der Waals surface area contributed by atoms with Gasteiger partial charge in [-0.15, -0.1) is 0 Å². The predicted molar refractivity (Wildman–Crippen MR) is 94.2 cm³/mol. The fourth-order valence-corrected chi connectivity index (χ4v) is 2.96. The van der Waals surface area contributed by atoms with Gasteiger partial charge in [-0.25, -0.2) is 4.79 Å². The maximum absolute atomic E-state index is 12.3. The van der Waals surface area contributed by atoms with Gasteiger partial charge in [-0.05, 0) is 24.5 Å². The topological polar surface area (TPSA) is 79.9 Å². The molecule has 136 valence electrons. The van der Waals surface area contributed by atoms with E-state index in [-0.39, 0.29) is 18.0 Å². The first-order valence-corrected chi connectivity index (χ1v) is 8.77. The van der Waals surface area contributed by atoms with E-state index in [1.807, 2.05) is 18.2 Å². The fraction of sp³-hybridized carbons (Fsp3) is 0.556. The second-order valence-electron chi connectivity index (χ2n) is 6.82. The highest BCUT2D eigenvalue weighted by molar-refractivity contribution is 5.97. The number of ether oxygens (including phenoxy) is 2. The van der Waals surface area contributed by atoms with Crippen LogP contribution in [0.15, 0.2) is 18.2 Å². The Morgan fingerprint density at radius 1 is 1.28 bits per heavy atom. The van der Waals surface area contributed by atoms with Crippen LogP contribution in [0, 0.1) is 5.92 Å². The lowest BCUT2D eigenvalue weighted by Crippen LogP contribution is -2.43. The molecular weight excluding hydrogens is 322 g/mol. The first-order valence-electron chi connectivity index (χ1n) is 8.77. The average molecular weight is 347 g/mol. The van der Waals surface area contributed by atoms with Crippen molar-refractivity contribution in [3.05, 3.63) is 18.2 Å². The molecule has 0 radical (unpaired) electrons. The summed E-state index contributed by atoms with van der Waals surface area (Å²) in [6.45, 7) is 6.35. The van der Waals surface area contributed by atoms with E-state index in [1.54, 1.807) is 4.90 Å². The van der Waals surface area contributed by atoms with Crippen LogP contribution in [0.1, 0.15) is 26.7 Å². The number of benzene rings is 1. The largest absolute Gasteiger partial charge is 0.486 e. The van der Waals surface area contributed by atoms with Crippen molar-refractivity contribution in [2.24, 2.45) is 5.92 Å². The number of nitrogens with one attached hydrogen (secondary N) is 2. The number of carbonyl (C=O) groups excluding carboxylic acids is 2. The van der Waals surface area contributed by atoms with Gasteiger partial charge in [0.1, 0.15) is 13.2 Å². The Morgan fingerprint density at radius 2 is 2.04 bits per heavy atom. The molecule has 3 amide bonds. The molecule has 1 aromatic carbocycles. The van der Waals surface area contributed by atoms with Crippen molar-refractivity contribution in [1.29, 1.82) is 0 Å². The lowest BCUT2D eigenvalue weighted by Gasteiger charge is -2.22. The van der Waals surface area contributed by atoms with Gasteiger partial charge in [-0.3, -0.25) is 4.79 Å². The van der Waals surface area contributed by atoms with Crippen molar-refractivity contribution in [2.75, 3.05) is 31.2 Å². The van der Waals surface area contributed by atoms with Gasteiger partial charge in [-0.2, -0.15) is 0 Å². The molecule has 0 bridgehead atoms. The van der Waals surface area contributed by atoms with Crippen molar-refractivity contribution >= 4 is 17.6 Å². The minimum absolute atomic E-state index is 0.0100. The quantitative estimate of drug-likeness (QED) is 0.853. The second kappa shape index (κ2) is 7.63. The highest BCUT2D eigenvalue weighted by atomic mass is 16.6. The van der Waals surface area contributed by atoms with E-state index >= 15 is 0 Å². The molecule has 0 aliphatic carbocycles. The molecule has 1 saturated heterocycles. The van der Waals surface area contributed by atoms with Crippen LogP contribution < -0.4 is 25.0 Å². The number of hydrogen-bond donors (Lipinski definition) is 2. The van der Waals surface area contributed by atoms with Crippen molar-refractivity contribution in [2.45, 2.75) is 32.7 Å². The van der Waals surface area contributed by atoms with E-state index in [1.165, 1.54) is 0 Å². The third-order valence-electron chi connectivity index (χ3n) is 4.30. The third kappa shape index (κ3) is 4.35. The molecule has 2 aliphatic rings. The molecule has 0 unspecified atom stereocenters. The summed E-state index contributed by atoms with van der Waals surface area (Å²) in [5, 5.41) is 5.71. The lowest BCUT2D eigenvalue weighted by atomic mass is 10.1. The van der Waals surface area contributed by atoms with E-state index in [0.29, 0.717) is 50.1 Å². The molecule has 0 aromatic heterocycles. The molecule has 2 heterocycles. The molecule has 2 N–H and O–H groups in total. The van der Waals surface area contributed by atoms with Crippen LogP contribution in [0.4, 0.5) is 10.5 Å². The molecule has 0 spiro atoms. The molecule has 1 aromatic rings. The van der Waals surface area contributed by atoms with Gasteiger partial charge in [0.15, 0.2) is 11.5 Å². The summed E-state index contributed by atoms with van der Waals surface area (Å²) in [7, 11) is 0. The first kappa shape index (κ1) is 17.4. The molecule has 2 aliphatic heterocycles. The van der Waals surface area contributed by atoms with E-state index in [4.69, 9.17) is 9.47 Å².